The van der Waals surface area contributed by atoms with Crippen LogP contribution in [-0.4, -0.2) is 24.7 Å². The molecule has 4 heteroatoms. The fourth-order valence-electron chi connectivity index (χ4n) is 1.70. The molecule has 0 radical (unpaired) electrons. The van der Waals surface area contributed by atoms with Crippen LogP contribution >= 0.6 is 0 Å². The lowest BCUT2D eigenvalue weighted by atomic mass is 10.2. The highest BCUT2D eigenvalue weighted by molar-refractivity contribution is 5.95. The number of hydrogen-bond acceptors (Lipinski definition) is 3. The Morgan fingerprint density at radius 1 is 1.16 bits per heavy atom. The van der Waals surface area contributed by atoms with Gasteiger partial charge in [-0.3, -0.25) is 4.79 Å². The Labute approximate surface area is 115 Å². The molecule has 0 atom stereocenters. The zero-order chi connectivity index (χ0) is 14.3. The normalized spacial score (nSPS) is 11.3. The Morgan fingerprint density at radius 2 is 1.74 bits per heavy atom. The monoisotopic (exact) mass is 261 g/mol. The summed E-state index contributed by atoms with van der Waals surface area (Å²) in [5.74, 6) is -0.168. The van der Waals surface area contributed by atoms with Crippen molar-refractivity contribution >= 4 is 17.3 Å². The number of nitrogens with zero attached hydrogens (tertiary/aromatic N) is 2. The summed E-state index contributed by atoms with van der Waals surface area (Å²) in [4.78, 5) is 14.1. The maximum Gasteiger partial charge on any atom is 0.271 e. The maximum absolute atomic E-state index is 11.9. The van der Waals surface area contributed by atoms with Crippen LogP contribution in [0.4, 0.5) is 5.69 Å². The minimum atomic E-state index is -0.168. The fraction of sp³-hybridized carbons (Fsp3) is 0.467. The number of carbonyl (C=O) groups is 1. The molecule has 104 valence electrons. The summed E-state index contributed by atoms with van der Waals surface area (Å²) < 4.78 is 0. The van der Waals surface area contributed by atoms with Crippen LogP contribution in [0.15, 0.2) is 29.4 Å². The second kappa shape index (κ2) is 7.56. The molecule has 1 N–H and O–H groups in total. The molecule has 0 saturated carbocycles. The summed E-state index contributed by atoms with van der Waals surface area (Å²) in [5, 5.41) is 4.02. The van der Waals surface area contributed by atoms with E-state index in [1.807, 2.05) is 38.1 Å². The molecular weight excluding hydrogens is 238 g/mol. The highest BCUT2D eigenvalue weighted by Gasteiger charge is 2.06. The lowest BCUT2D eigenvalue weighted by Crippen LogP contribution is -2.22. The van der Waals surface area contributed by atoms with Crippen LogP contribution in [0.1, 0.15) is 44.5 Å². The molecule has 0 aliphatic rings. The van der Waals surface area contributed by atoms with Gasteiger partial charge in [-0.15, -0.1) is 0 Å². The number of amides is 1. The van der Waals surface area contributed by atoms with Crippen LogP contribution in [0.3, 0.4) is 0 Å². The highest BCUT2D eigenvalue weighted by Crippen LogP contribution is 2.14. The molecule has 1 aromatic rings. The molecule has 0 heterocycles. The van der Waals surface area contributed by atoms with E-state index < -0.39 is 0 Å². The van der Waals surface area contributed by atoms with Crippen molar-refractivity contribution in [2.75, 3.05) is 18.0 Å². The van der Waals surface area contributed by atoms with Gasteiger partial charge in [-0.05, 0) is 51.5 Å². The second-order valence-electron chi connectivity index (χ2n) is 4.36. The molecule has 19 heavy (non-hydrogen) atoms. The molecule has 0 fully saturated rings. The Hall–Kier alpha value is -1.84. The lowest BCUT2D eigenvalue weighted by molar-refractivity contribution is 0.0954. The molecule has 0 aromatic heterocycles. The van der Waals surface area contributed by atoms with Crippen molar-refractivity contribution in [2.24, 2.45) is 5.10 Å². The van der Waals surface area contributed by atoms with E-state index in [1.165, 1.54) is 0 Å². The average molecular weight is 261 g/mol. The van der Waals surface area contributed by atoms with Gasteiger partial charge in [0.1, 0.15) is 0 Å². The van der Waals surface area contributed by atoms with Gasteiger partial charge in [0.2, 0.25) is 0 Å². The molecular formula is C15H23N3O. The SMILES string of the molecule is CC/C(C)=N\NC(=O)c1ccc(N(CC)CC)cc1. The van der Waals surface area contributed by atoms with Crippen molar-refractivity contribution in [2.45, 2.75) is 34.1 Å². The van der Waals surface area contributed by atoms with Gasteiger partial charge in [0.15, 0.2) is 0 Å². The summed E-state index contributed by atoms with van der Waals surface area (Å²) in [6.45, 7) is 10.1. The predicted molar refractivity (Wildman–Crippen MR) is 80.9 cm³/mol. The van der Waals surface area contributed by atoms with Crippen LogP contribution in [0.25, 0.3) is 0 Å². The zero-order valence-corrected chi connectivity index (χ0v) is 12.2. The maximum atomic E-state index is 11.9. The number of hydrogen-bond donors (Lipinski definition) is 1. The highest BCUT2D eigenvalue weighted by atomic mass is 16.2. The first-order chi connectivity index (χ1) is 9.12. The van der Waals surface area contributed by atoms with E-state index >= 15 is 0 Å². The third kappa shape index (κ3) is 4.39. The molecule has 0 unspecified atom stereocenters. The molecule has 0 bridgehead atoms. The van der Waals surface area contributed by atoms with Crippen LogP contribution in [0.5, 0.6) is 0 Å². The van der Waals surface area contributed by atoms with Gasteiger partial charge < -0.3 is 4.90 Å². The van der Waals surface area contributed by atoms with Gasteiger partial charge >= 0.3 is 0 Å². The Kier molecular flexibility index (Phi) is 6.06. The fourth-order valence-corrected chi connectivity index (χ4v) is 1.70. The summed E-state index contributed by atoms with van der Waals surface area (Å²) in [7, 11) is 0. The molecule has 1 amide bonds. The number of nitrogens with one attached hydrogen (secondary N) is 1. The minimum absolute atomic E-state index is 0.168. The number of carbonyl (C=O) groups excluding carboxylic acids is 1. The van der Waals surface area contributed by atoms with Crippen molar-refractivity contribution in [1.29, 1.82) is 0 Å². The van der Waals surface area contributed by atoms with Crippen molar-refractivity contribution in [3.63, 3.8) is 0 Å². The van der Waals surface area contributed by atoms with E-state index in [9.17, 15) is 4.79 Å². The van der Waals surface area contributed by atoms with Crippen LogP contribution < -0.4 is 10.3 Å². The van der Waals surface area contributed by atoms with Crippen molar-refractivity contribution in [1.82, 2.24) is 5.43 Å². The summed E-state index contributed by atoms with van der Waals surface area (Å²) in [6, 6.07) is 7.61. The van der Waals surface area contributed by atoms with Gasteiger partial charge in [0.25, 0.3) is 5.91 Å². The van der Waals surface area contributed by atoms with E-state index in [2.05, 4.69) is 29.3 Å². The Bertz CT molecular complexity index is 433. The first-order valence-corrected chi connectivity index (χ1v) is 6.80. The van der Waals surface area contributed by atoms with Crippen molar-refractivity contribution < 1.29 is 4.79 Å². The van der Waals surface area contributed by atoms with E-state index in [0.717, 1.165) is 30.9 Å². The second-order valence-corrected chi connectivity index (χ2v) is 4.36. The zero-order valence-electron chi connectivity index (χ0n) is 12.2. The average Bonchev–Trinajstić information content (AvgIpc) is 2.46. The molecule has 4 nitrogen and oxygen atoms in total. The summed E-state index contributed by atoms with van der Waals surface area (Å²) in [5.41, 5.74) is 5.23. The van der Waals surface area contributed by atoms with Crippen molar-refractivity contribution in [3.8, 4) is 0 Å². The summed E-state index contributed by atoms with van der Waals surface area (Å²) in [6.07, 6.45) is 0.835. The molecule has 1 aromatic carbocycles. The van der Waals surface area contributed by atoms with Crippen LogP contribution in [-0.2, 0) is 0 Å². The molecule has 0 spiro atoms. The topological polar surface area (TPSA) is 44.7 Å². The van der Waals surface area contributed by atoms with Gasteiger partial charge in [0, 0.05) is 30.1 Å². The largest absolute Gasteiger partial charge is 0.372 e. The molecule has 0 saturated heterocycles. The molecule has 0 aliphatic heterocycles. The van der Waals surface area contributed by atoms with Crippen molar-refractivity contribution in [3.05, 3.63) is 29.8 Å². The number of rotatable bonds is 6. The van der Waals surface area contributed by atoms with Gasteiger partial charge in [-0.2, -0.15) is 5.10 Å². The number of benzene rings is 1. The first-order valence-electron chi connectivity index (χ1n) is 6.80. The lowest BCUT2D eigenvalue weighted by Gasteiger charge is -2.20. The van der Waals surface area contributed by atoms with Gasteiger partial charge in [-0.25, -0.2) is 5.43 Å². The van der Waals surface area contributed by atoms with Crippen LogP contribution in [0, 0.1) is 0 Å². The molecule has 0 aliphatic carbocycles. The van der Waals surface area contributed by atoms with Gasteiger partial charge in [-0.1, -0.05) is 6.92 Å². The standard InChI is InChI=1S/C15H23N3O/c1-5-12(4)16-17-15(19)13-8-10-14(11-9-13)18(6-2)7-3/h8-11H,5-7H2,1-4H3,(H,17,19)/b16-12-. The molecule has 1 rings (SSSR count). The third-order valence-corrected chi connectivity index (χ3v) is 3.12. The summed E-state index contributed by atoms with van der Waals surface area (Å²) >= 11 is 0. The number of hydrazone groups is 1. The van der Waals surface area contributed by atoms with E-state index in [-0.39, 0.29) is 5.91 Å². The van der Waals surface area contributed by atoms with Crippen LogP contribution in [0.2, 0.25) is 0 Å². The Balaban J connectivity index is 2.73. The smallest absolute Gasteiger partial charge is 0.271 e. The first kappa shape index (κ1) is 15.2. The van der Waals surface area contributed by atoms with E-state index in [1.54, 1.807) is 0 Å². The quantitative estimate of drug-likeness (QED) is 0.632. The van der Waals surface area contributed by atoms with Gasteiger partial charge in [0.05, 0.1) is 0 Å². The minimum Gasteiger partial charge on any atom is -0.372 e. The number of anilines is 1. The Morgan fingerprint density at radius 3 is 2.21 bits per heavy atom. The van der Waals surface area contributed by atoms with E-state index in [0.29, 0.717) is 5.56 Å². The predicted octanol–water partition coefficient (Wildman–Crippen LogP) is 3.05. The third-order valence-electron chi connectivity index (χ3n) is 3.12. The van der Waals surface area contributed by atoms with E-state index in [4.69, 9.17) is 0 Å².